The molecule has 0 bridgehead atoms. The van der Waals surface area contributed by atoms with Gasteiger partial charge in [0.1, 0.15) is 5.82 Å². The van der Waals surface area contributed by atoms with Crippen LogP contribution >= 0.6 is 0 Å². The molecule has 1 aromatic carbocycles. The van der Waals surface area contributed by atoms with Crippen molar-refractivity contribution in [3.8, 4) is 0 Å². The Morgan fingerprint density at radius 3 is 2.58 bits per heavy atom. The van der Waals surface area contributed by atoms with Gasteiger partial charge < -0.3 is 20.4 Å². The molecule has 0 spiro atoms. The van der Waals surface area contributed by atoms with Crippen molar-refractivity contribution in [2.75, 3.05) is 48.3 Å². The summed E-state index contributed by atoms with van der Waals surface area (Å²) in [6.07, 6.45) is 0. The molecule has 3 rings (SSSR count). The van der Waals surface area contributed by atoms with Crippen LogP contribution in [0.25, 0.3) is 0 Å². The molecular formula is C19H26N6O. The highest BCUT2D eigenvalue weighted by molar-refractivity contribution is 5.89. The molecule has 138 valence electrons. The van der Waals surface area contributed by atoms with Gasteiger partial charge >= 0.3 is 6.03 Å². The van der Waals surface area contributed by atoms with Crippen LogP contribution in [0.15, 0.2) is 30.3 Å². The Balaban J connectivity index is 1.59. The maximum atomic E-state index is 12.5. The maximum absolute atomic E-state index is 12.5. The Hall–Kier alpha value is -2.83. The second kappa shape index (κ2) is 8.03. The van der Waals surface area contributed by atoms with Gasteiger partial charge in [0.15, 0.2) is 0 Å². The summed E-state index contributed by atoms with van der Waals surface area (Å²) in [7, 11) is 0. The Morgan fingerprint density at radius 2 is 1.88 bits per heavy atom. The minimum atomic E-state index is -0.0613. The van der Waals surface area contributed by atoms with Gasteiger partial charge in [-0.05, 0) is 38.5 Å². The van der Waals surface area contributed by atoms with Gasteiger partial charge in [0, 0.05) is 50.2 Å². The predicted molar refractivity (Wildman–Crippen MR) is 105 cm³/mol. The minimum absolute atomic E-state index is 0.0613. The monoisotopic (exact) mass is 354 g/mol. The second-order valence-corrected chi connectivity index (χ2v) is 6.50. The molecule has 1 fully saturated rings. The fourth-order valence-electron chi connectivity index (χ4n) is 3.00. The molecule has 7 heteroatoms. The molecule has 0 saturated carbocycles. The second-order valence-electron chi connectivity index (χ2n) is 6.50. The van der Waals surface area contributed by atoms with E-state index < -0.39 is 0 Å². The van der Waals surface area contributed by atoms with Crippen LogP contribution in [0.2, 0.25) is 0 Å². The standard InChI is InChI=1S/C19H26N6O/c1-4-20-17-13-15(3)21-18(23-17)24-8-10-25(11-9-24)19(26)22-16-7-5-6-14(2)12-16/h5-7,12-13H,4,8-11H2,1-3H3,(H,22,26)(H,20,21,23). The van der Waals surface area contributed by atoms with Crippen LogP contribution in [-0.2, 0) is 0 Å². The van der Waals surface area contributed by atoms with Crippen molar-refractivity contribution in [1.82, 2.24) is 14.9 Å². The molecule has 2 N–H and O–H groups in total. The predicted octanol–water partition coefficient (Wildman–Crippen LogP) is 2.88. The van der Waals surface area contributed by atoms with Gasteiger partial charge in [-0.2, -0.15) is 4.98 Å². The van der Waals surface area contributed by atoms with Crippen LogP contribution in [0, 0.1) is 13.8 Å². The van der Waals surface area contributed by atoms with E-state index in [1.165, 1.54) is 0 Å². The number of nitrogens with one attached hydrogen (secondary N) is 2. The van der Waals surface area contributed by atoms with Crippen molar-refractivity contribution in [2.45, 2.75) is 20.8 Å². The lowest BCUT2D eigenvalue weighted by atomic mass is 10.2. The SMILES string of the molecule is CCNc1cc(C)nc(N2CCN(C(=O)Nc3cccc(C)c3)CC2)n1. The number of anilines is 3. The fraction of sp³-hybridized carbons (Fsp3) is 0.421. The molecule has 0 aliphatic carbocycles. The first-order valence-corrected chi connectivity index (χ1v) is 9.02. The zero-order valence-corrected chi connectivity index (χ0v) is 15.6. The minimum Gasteiger partial charge on any atom is -0.370 e. The molecule has 1 aliphatic heterocycles. The Kier molecular flexibility index (Phi) is 5.55. The summed E-state index contributed by atoms with van der Waals surface area (Å²) in [6, 6.07) is 9.71. The van der Waals surface area contributed by atoms with Gasteiger partial charge in [0.05, 0.1) is 0 Å². The number of carbonyl (C=O) groups is 1. The number of aryl methyl sites for hydroxylation is 2. The molecule has 2 heterocycles. The average molecular weight is 354 g/mol. The van der Waals surface area contributed by atoms with Crippen LogP contribution in [0.3, 0.4) is 0 Å². The maximum Gasteiger partial charge on any atom is 0.321 e. The van der Waals surface area contributed by atoms with Crippen molar-refractivity contribution in [3.05, 3.63) is 41.6 Å². The van der Waals surface area contributed by atoms with Crippen molar-refractivity contribution >= 4 is 23.5 Å². The number of hydrogen-bond acceptors (Lipinski definition) is 5. The topological polar surface area (TPSA) is 73.4 Å². The highest BCUT2D eigenvalue weighted by Crippen LogP contribution is 2.17. The lowest BCUT2D eigenvalue weighted by Gasteiger charge is -2.34. The normalized spacial score (nSPS) is 14.3. The zero-order valence-electron chi connectivity index (χ0n) is 15.6. The number of urea groups is 1. The first-order valence-electron chi connectivity index (χ1n) is 9.02. The number of benzene rings is 1. The largest absolute Gasteiger partial charge is 0.370 e. The first kappa shape index (κ1) is 18.0. The van der Waals surface area contributed by atoms with Gasteiger partial charge in [0.2, 0.25) is 5.95 Å². The smallest absolute Gasteiger partial charge is 0.321 e. The summed E-state index contributed by atoms with van der Waals surface area (Å²) in [4.78, 5) is 25.6. The van der Waals surface area contributed by atoms with Crippen LogP contribution in [0.1, 0.15) is 18.2 Å². The summed E-state index contributed by atoms with van der Waals surface area (Å²) in [5, 5.41) is 6.20. The third kappa shape index (κ3) is 4.41. The summed E-state index contributed by atoms with van der Waals surface area (Å²) >= 11 is 0. The lowest BCUT2D eigenvalue weighted by Crippen LogP contribution is -2.50. The van der Waals surface area contributed by atoms with E-state index in [0.29, 0.717) is 13.1 Å². The average Bonchev–Trinajstić information content (AvgIpc) is 2.62. The van der Waals surface area contributed by atoms with E-state index in [1.54, 1.807) is 0 Å². The van der Waals surface area contributed by atoms with E-state index in [1.807, 2.05) is 56.0 Å². The Labute approximate surface area is 154 Å². The number of piperazine rings is 1. The third-order valence-corrected chi connectivity index (χ3v) is 4.32. The van der Waals surface area contributed by atoms with E-state index in [-0.39, 0.29) is 6.03 Å². The van der Waals surface area contributed by atoms with E-state index in [9.17, 15) is 4.79 Å². The summed E-state index contributed by atoms with van der Waals surface area (Å²) in [6.45, 7) is 9.57. The van der Waals surface area contributed by atoms with Gasteiger partial charge in [-0.25, -0.2) is 9.78 Å². The van der Waals surface area contributed by atoms with Crippen molar-refractivity contribution < 1.29 is 4.79 Å². The summed E-state index contributed by atoms with van der Waals surface area (Å²) in [5.41, 5.74) is 2.89. The Bertz CT molecular complexity index is 770. The number of hydrogen-bond donors (Lipinski definition) is 2. The number of nitrogens with zero attached hydrogens (tertiary/aromatic N) is 4. The van der Waals surface area contributed by atoms with Gasteiger partial charge in [-0.15, -0.1) is 0 Å². The molecule has 1 aliphatic rings. The molecule has 0 unspecified atom stereocenters. The number of rotatable bonds is 4. The third-order valence-electron chi connectivity index (χ3n) is 4.32. The van der Waals surface area contributed by atoms with E-state index in [0.717, 1.165) is 48.3 Å². The lowest BCUT2D eigenvalue weighted by molar-refractivity contribution is 0.208. The molecule has 7 nitrogen and oxygen atoms in total. The fourth-order valence-corrected chi connectivity index (χ4v) is 3.00. The summed E-state index contributed by atoms with van der Waals surface area (Å²) in [5.74, 6) is 1.56. The molecule has 0 atom stereocenters. The van der Waals surface area contributed by atoms with Crippen LogP contribution in [0.4, 0.5) is 22.2 Å². The molecule has 1 saturated heterocycles. The van der Waals surface area contributed by atoms with E-state index in [2.05, 4.69) is 25.5 Å². The highest BCUT2D eigenvalue weighted by Gasteiger charge is 2.23. The zero-order chi connectivity index (χ0) is 18.5. The molecule has 0 radical (unpaired) electrons. The van der Waals surface area contributed by atoms with Crippen molar-refractivity contribution in [3.63, 3.8) is 0 Å². The number of aromatic nitrogens is 2. The molecular weight excluding hydrogens is 328 g/mol. The molecule has 2 aromatic rings. The highest BCUT2D eigenvalue weighted by atomic mass is 16.2. The van der Waals surface area contributed by atoms with Gasteiger partial charge in [0.25, 0.3) is 0 Å². The summed E-state index contributed by atoms with van der Waals surface area (Å²) < 4.78 is 0. The van der Waals surface area contributed by atoms with Crippen molar-refractivity contribution in [2.24, 2.45) is 0 Å². The molecule has 26 heavy (non-hydrogen) atoms. The van der Waals surface area contributed by atoms with Crippen LogP contribution in [0.5, 0.6) is 0 Å². The van der Waals surface area contributed by atoms with Crippen LogP contribution in [-0.4, -0.2) is 53.6 Å². The Morgan fingerprint density at radius 1 is 1.12 bits per heavy atom. The number of carbonyl (C=O) groups excluding carboxylic acids is 1. The number of amides is 2. The molecule has 1 aromatic heterocycles. The first-order chi connectivity index (χ1) is 12.5. The quantitative estimate of drug-likeness (QED) is 0.883. The van der Waals surface area contributed by atoms with Crippen molar-refractivity contribution in [1.29, 1.82) is 0 Å². The van der Waals surface area contributed by atoms with E-state index in [4.69, 9.17) is 0 Å². The molecule has 2 amide bonds. The van der Waals surface area contributed by atoms with Crippen LogP contribution < -0.4 is 15.5 Å². The van der Waals surface area contributed by atoms with Gasteiger partial charge in [-0.1, -0.05) is 12.1 Å². The van der Waals surface area contributed by atoms with E-state index >= 15 is 0 Å². The van der Waals surface area contributed by atoms with Gasteiger partial charge in [-0.3, -0.25) is 0 Å².